The standard InChI is InChI=1S/C11H22N.H2O/c1-10-6-5-7-11(2)12(10)8-3-4-9-12;/h10-11H,3-9H2,1-2H3;1H2/q+1;/p-1. The molecule has 2 nitrogen and oxygen atoms in total. The van der Waals surface area contributed by atoms with Gasteiger partial charge in [-0.25, -0.2) is 0 Å². The number of rotatable bonds is 0. The maximum Gasteiger partial charge on any atom is 0.0863 e. The van der Waals surface area contributed by atoms with Crippen molar-refractivity contribution in [2.45, 2.75) is 58.0 Å². The van der Waals surface area contributed by atoms with Crippen molar-refractivity contribution < 1.29 is 9.96 Å². The van der Waals surface area contributed by atoms with E-state index in [1.165, 1.54) is 49.7 Å². The minimum Gasteiger partial charge on any atom is -0.870 e. The van der Waals surface area contributed by atoms with Crippen molar-refractivity contribution >= 4 is 0 Å². The van der Waals surface area contributed by atoms with Crippen molar-refractivity contribution in [2.24, 2.45) is 0 Å². The highest BCUT2D eigenvalue weighted by Crippen LogP contribution is 2.35. The quantitative estimate of drug-likeness (QED) is 0.533. The topological polar surface area (TPSA) is 30.0 Å². The van der Waals surface area contributed by atoms with Crippen LogP contribution in [0, 0.1) is 0 Å². The van der Waals surface area contributed by atoms with E-state index in [9.17, 15) is 0 Å². The molecule has 0 amide bonds. The smallest absolute Gasteiger partial charge is 0.0863 e. The molecule has 2 heterocycles. The minimum absolute atomic E-state index is 0. The van der Waals surface area contributed by atoms with Gasteiger partial charge in [-0.1, -0.05) is 0 Å². The van der Waals surface area contributed by atoms with Gasteiger partial charge in [0.1, 0.15) is 0 Å². The molecule has 2 aliphatic heterocycles. The van der Waals surface area contributed by atoms with E-state index in [1.54, 1.807) is 0 Å². The number of quaternary nitrogens is 1. The van der Waals surface area contributed by atoms with Gasteiger partial charge >= 0.3 is 0 Å². The van der Waals surface area contributed by atoms with Crippen molar-refractivity contribution in [1.82, 2.24) is 0 Å². The maximum absolute atomic E-state index is 2.47. The second-order valence-electron chi connectivity index (χ2n) is 4.89. The molecule has 0 bridgehead atoms. The molecule has 13 heavy (non-hydrogen) atoms. The van der Waals surface area contributed by atoms with Gasteiger partial charge in [0.25, 0.3) is 0 Å². The highest BCUT2D eigenvalue weighted by molar-refractivity contribution is 4.71. The molecule has 0 saturated carbocycles. The average molecular weight is 185 g/mol. The Hall–Kier alpha value is -0.0800. The van der Waals surface area contributed by atoms with E-state index < -0.39 is 0 Å². The highest BCUT2D eigenvalue weighted by Gasteiger charge is 2.43. The van der Waals surface area contributed by atoms with Crippen LogP contribution in [0.1, 0.15) is 46.0 Å². The van der Waals surface area contributed by atoms with Crippen molar-refractivity contribution in [3.63, 3.8) is 0 Å². The molecule has 2 unspecified atom stereocenters. The Labute approximate surface area is 81.8 Å². The van der Waals surface area contributed by atoms with E-state index in [1.807, 2.05) is 0 Å². The van der Waals surface area contributed by atoms with Gasteiger partial charge in [0, 0.05) is 12.8 Å². The fourth-order valence-corrected chi connectivity index (χ4v) is 3.46. The van der Waals surface area contributed by atoms with E-state index in [0.717, 1.165) is 12.1 Å². The van der Waals surface area contributed by atoms with Gasteiger partial charge in [0.2, 0.25) is 0 Å². The summed E-state index contributed by atoms with van der Waals surface area (Å²) in [6.07, 6.45) is 7.39. The number of piperidine rings is 1. The molecule has 0 aromatic carbocycles. The molecule has 2 fully saturated rings. The van der Waals surface area contributed by atoms with Crippen LogP contribution in [0.2, 0.25) is 0 Å². The van der Waals surface area contributed by atoms with E-state index >= 15 is 0 Å². The lowest BCUT2D eigenvalue weighted by Gasteiger charge is -2.48. The van der Waals surface area contributed by atoms with Gasteiger partial charge in [-0.15, -0.1) is 0 Å². The Bertz CT molecular complexity index is 151. The van der Waals surface area contributed by atoms with Gasteiger partial charge in [0.15, 0.2) is 0 Å². The van der Waals surface area contributed by atoms with Gasteiger partial charge in [-0.3, -0.25) is 0 Å². The predicted molar refractivity (Wildman–Crippen MR) is 53.9 cm³/mol. The predicted octanol–water partition coefficient (Wildman–Crippen LogP) is 2.38. The Morgan fingerprint density at radius 1 is 0.846 bits per heavy atom. The molecule has 78 valence electrons. The summed E-state index contributed by atoms with van der Waals surface area (Å²) in [7, 11) is 0. The van der Waals surface area contributed by atoms with Gasteiger partial charge < -0.3 is 9.96 Å². The first-order chi connectivity index (χ1) is 5.76. The molecule has 0 radical (unpaired) electrons. The van der Waals surface area contributed by atoms with Crippen LogP contribution in [0.5, 0.6) is 0 Å². The van der Waals surface area contributed by atoms with Gasteiger partial charge in [-0.2, -0.15) is 0 Å². The molecule has 2 aliphatic rings. The molecule has 2 rings (SSSR count). The second kappa shape index (κ2) is 3.97. The fraction of sp³-hybridized carbons (Fsp3) is 1.00. The highest BCUT2D eigenvalue weighted by atomic mass is 16.0. The summed E-state index contributed by atoms with van der Waals surface area (Å²) in [6.45, 7) is 7.90. The zero-order chi connectivity index (χ0) is 8.60. The maximum atomic E-state index is 2.47. The number of nitrogens with zero attached hydrogens (tertiary/aromatic N) is 1. The zero-order valence-corrected chi connectivity index (χ0v) is 9.00. The third-order valence-corrected chi connectivity index (χ3v) is 4.40. The lowest BCUT2D eigenvalue weighted by molar-refractivity contribution is -0.964. The molecule has 0 aliphatic carbocycles. The molecule has 0 aromatic heterocycles. The van der Waals surface area contributed by atoms with Crippen molar-refractivity contribution in [3.8, 4) is 0 Å². The Morgan fingerprint density at radius 3 is 1.77 bits per heavy atom. The van der Waals surface area contributed by atoms with Crippen LogP contribution in [0.4, 0.5) is 0 Å². The summed E-state index contributed by atoms with van der Waals surface area (Å²) >= 11 is 0. The first-order valence-corrected chi connectivity index (χ1v) is 5.62. The normalized spacial score (nSPS) is 37.4. The Balaban J connectivity index is 0.000000845. The van der Waals surface area contributed by atoms with Gasteiger partial charge in [0.05, 0.1) is 25.2 Å². The second-order valence-corrected chi connectivity index (χ2v) is 4.89. The summed E-state index contributed by atoms with van der Waals surface area (Å²) < 4.78 is 1.47. The van der Waals surface area contributed by atoms with Crippen molar-refractivity contribution in [3.05, 3.63) is 0 Å². The molecule has 2 atom stereocenters. The largest absolute Gasteiger partial charge is 0.870 e. The summed E-state index contributed by atoms with van der Waals surface area (Å²) in [4.78, 5) is 0. The van der Waals surface area contributed by atoms with Crippen LogP contribution < -0.4 is 0 Å². The van der Waals surface area contributed by atoms with Crippen LogP contribution >= 0.6 is 0 Å². The van der Waals surface area contributed by atoms with E-state index in [0.29, 0.717) is 0 Å². The Morgan fingerprint density at radius 2 is 1.31 bits per heavy atom. The van der Waals surface area contributed by atoms with Gasteiger partial charge in [-0.05, 0) is 33.1 Å². The van der Waals surface area contributed by atoms with Crippen molar-refractivity contribution in [2.75, 3.05) is 13.1 Å². The third-order valence-electron chi connectivity index (χ3n) is 4.40. The monoisotopic (exact) mass is 185 g/mol. The van der Waals surface area contributed by atoms with Crippen LogP contribution in [-0.4, -0.2) is 35.1 Å². The van der Waals surface area contributed by atoms with Crippen molar-refractivity contribution in [1.29, 1.82) is 0 Å². The molecule has 0 aromatic rings. The van der Waals surface area contributed by atoms with E-state index in [4.69, 9.17) is 0 Å². The lowest BCUT2D eigenvalue weighted by atomic mass is 9.94. The van der Waals surface area contributed by atoms with E-state index in [-0.39, 0.29) is 5.48 Å². The number of hydrogen-bond donors (Lipinski definition) is 0. The first-order valence-electron chi connectivity index (χ1n) is 5.62. The molecule has 2 heteroatoms. The molecule has 1 N–H and O–H groups in total. The lowest BCUT2D eigenvalue weighted by Crippen LogP contribution is -2.59. The summed E-state index contributed by atoms with van der Waals surface area (Å²) in [5.41, 5.74) is 0. The minimum atomic E-state index is 0. The molecule has 1 spiro atoms. The van der Waals surface area contributed by atoms with Crippen LogP contribution in [0.15, 0.2) is 0 Å². The van der Waals surface area contributed by atoms with Crippen LogP contribution in [-0.2, 0) is 0 Å². The van der Waals surface area contributed by atoms with E-state index in [2.05, 4.69) is 13.8 Å². The zero-order valence-electron chi connectivity index (χ0n) is 9.00. The fourth-order valence-electron chi connectivity index (χ4n) is 3.46. The SMILES string of the molecule is CC1CCCC(C)[N+]12CCCC2.[OH-]. The molecular formula is C11H23NO. The van der Waals surface area contributed by atoms with Crippen LogP contribution in [0.3, 0.4) is 0 Å². The number of hydrogen-bond acceptors (Lipinski definition) is 1. The summed E-state index contributed by atoms with van der Waals surface area (Å²) in [5.74, 6) is 0. The molecular weight excluding hydrogens is 162 g/mol. The first kappa shape index (κ1) is 11.0. The Kier molecular flexibility index (Phi) is 3.36. The third kappa shape index (κ3) is 1.62. The van der Waals surface area contributed by atoms with Crippen LogP contribution in [0.25, 0.3) is 0 Å². The summed E-state index contributed by atoms with van der Waals surface area (Å²) in [6, 6.07) is 1.91. The molecule has 2 saturated heterocycles. The summed E-state index contributed by atoms with van der Waals surface area (Å²) in [5, 5.41) is 0. The average Bonchev–Trinajstić information content (AvgIpc) is 2.50.